The van der Waals surface area contributed by atoms with E-state index in [-0.39, 0.29) is 17.3 Å². The maximum absolute atomic E-state index is 12.8. The summed E-state index contributed by atoms with van der Waals surface area (Å²) < 4.78 is 12.8. The summed E-state index contributed by atoms with van der Waals surface area (Å²) in [5.74, 6) is -0.436. The Morgan fingerprint density at radius 1 is 1.53 bits per heavy atom. The molecule has 0 saturated heterocycles. The van der Waals surface area contributed by atoms with E-state index in [1.54, 1.807) is 0 Å². The van der Waals surface area contributed by atoms with Gasteiger partial charge in [-0.05, 0) is 24.8 Å². The summed E-state index contributed by atoms with van der Waals surface area (Å²) in [7, 11) is 0. The monoisotopic (exact) mass is 208 g/mol. The van der Waals surface area contributed by atoms with Gasteiger partial charge in [-0.3, -0.25) is 9.78 Å². The summed E-state index contributed by atoms with van der Waals surface area (Å²) in [6.45, 7) is 0. The first-order chi connectivity index (χ1) is 7.18. The first-order valence-electron chi connectivity index (χ1n) is 5.09. The summed E-state index contributed by atoms with van der Waals surface area (Å²) in [4.78, 5) is 15.4. The smallest absolute Gasteiger partial charge is 0.181 e. The molecule has 4 heteroatoms. The van der Waals surface area contributed by atoms with Gasteiger partial charge in [0.1, 0.15) is 5.82 Å². The summed E-state index contributed by atoms with van der Waals surface area (Å²) >= 11 is 0. The molecule has 2 rings (SSSR count). The van der Waals surface area contributed by atoms with E-state index in [0.29, 0.717) is 0 Å². The van der Waals surface area contributed by atoms with Crippen LogP contribution in [0.15, 0.2) is 18.5 Å². The lowest BCUT2D eigenvalue weighted by Gasteiger charge is -2.30. The van der Waals surface area contributed by atoms with Crippen molar-refractivity contribution >= 4 is 5.78 Å². The molecule has 2 N–H and O–H groups in total. The van der Waals surface area contributed by atoms with Gasteiger partial charge in [-0.15, -0.1) is 0 Å². The van der Waals surface area contributed by atoms with Crippen molar-refractivity contribution in [2.24, 2.45) is 11.7 Å². The van der Waals surface area contributed by atoms with Crippen LogP contribution in [0.25, 0.3) is 0 Å². The van der Waals surface area contributed by atoms with Gasteiger partial charge < -0.3 is 5.73 Å². The summed E-state index contributed by atoms with van der Waals surface area (Å²) in [6.07, 6.45) is 5.56. The molecule has 0 spiro atoms. The van der Waals surface area contributed by atoms with Crippen molar-refractivity contribution in [2.75, 3.05) is 0 Å². The number of hydrogen-bond donors (Lipinski definition) is 1. The molecule has 1 saturated carbocycles. The number of carbonyl (C=O) groups is 1. The van der Waals surface area contributed by atoms with Crippen molar-refractivity contribution < 1.29 is 9.18 Å². The lowest BCUT2D eigenvalue weighted by atomic mass is 9.78. The van der Waals surface area contributed by atoms with Gasteiger partial charge in [0.05, 0.1) is 12.2 Å². The summed E-state index contributed by atoms with van der Waals surface area (Å²) in [5.41, 5.74) is 6.08. The van der Waals surface area contributed by atoms with Crippen molar-refractivity contribution in [3.63, 3.8) is 0 Å². The highest BCUT2D eigenvalue weighted by atomic mass is 19.1. The predicted octanol–water partition coefficient (Wildman–Crippen LogP) is 1.53. The van der Waals surface area contributed by atoms with Crippen LogP contribution < -0.4 is 5.73 Å². The number of aromatic nitrogens is 1. The zero-order valence-corrected chi connectivity index (χ0v) is 8.32. The molecule has 1 aromatic heterocycles. The van der Waals surface area contributed by atoms with E-state index in [2.05, 4.69) is 4.98 Å². The molecular weight excluding hydrogens is 195 g/mol. The van der Waals surface area contributed by atoms with Crippen molar-refractivity contribution in [3.05, 3.63) is 29.8 Å². The van der Waals surface area contributed by atoms with E-state index in [1.165, 1.54) is 12.3 Å². The highest BCUT2D eigenvalue weighted by molar-refractivity contribution is 5.99. The van der Waals surface area contributed by atoms with Crippen LogP contribution in [-0.4, -0.2) is 16.8 Å². The van der Waals surface area contributed by atoms with E-state index in [0.717, 1.165) is 25.5 Å². The number of ketones is 1. The fraction of sp³-hybridized carbons (Fsp3) is 0.455. The maximum atomic E-state index is 12.8. The summed E-state index contributed by atoms with van der Waals surface area (Å²) in [5, 5.41) is 0. The number of nitrogens with two attached hydrogens (primary N) is 1. The molecule has 1 aliphatic rings. The van der Waals surface area contributed by atoms with Crippen LogP contribution in [0.2, 0.25) is 0 Å². The molecular formula is C11H13FN2O. The van der Waals surface area contributed by atoms with E-state index in [9.17, 15) is 9.18 Å². The number of Topliss-reactive ketones (excluding diaryl/α,β-unsaturated/α-hetero) is 1. The van der Waals surface area contributed by atoms with Crippen LogP contribution in [0, 0.1) is 11.7 Å². The Labute approximate surface area is 87.5 Å². The van der Waals surface area contributed by atoms with E-state index >= 15 is 0 Å². The third-order valence-corrected chi connectivity index (χ3v) is 2.95. The Morgan fingerprint density at radius 2 is 2.27 bits per heavy atom. The summed E-state index contributed by atoms with van der Waals surface area (Å²) in [6, 6.07) is 0.691. The van der Waals surface area contributed by atoms with Gasteiger partial charge >= 0.3 is 0 Å². The third-order valence-electron chi connectivity index (χ3n) is 2.95. The fourth-order valence-electron chi connectivity index (χ4n) is 1.75. The minimum absolute atomic E-state index is 0.202. The van der Waals surface area contributed by atoms with Crippen molar-refractivity contribution in [1.82, 2.24) is 4.98 Å². The quantitative estimate of drug-likeness (QED) is 0.766. The number of carbonyl (C=O) groups excluding carboxylic acids is 1. The fourth-order valence-corrected chi connectivity index (χ4v) is 1.75. The van der Waals surface area contributed by atoms with Crippen LogP contribution in [0.5, 0.6) is 0 Å². The predicted molar refractivity (Wildman–Crippen MR) is 53.8 cm³/mol. The first-order valence-corrected chi connectivity index (χ1v) is 5.09. The highest BCUT2D eigenvalue weighted by Crippen LogP contribution is 2.29. The van der Waals surface area contributed by atoms with Gasteiger partial charge in [0.2, 0.25) is 0 Å². The normalized spacial score (nSPS) is 18.3. The SMILES string of the molecule is NC(C(=O)c1cncc(F)c1)C1CCC1. The number of pyridine rings is 1. The van der Waals surface area contributed by atoms with E-state index in [1.807, 2.05) is 0 Å². The van der Waals surface area contributed by atoms with E-state index in [4.69, 9.17) is 5.73 Å². The lowest BCUT2D eigenvalue weighted by molar-refractivity contribution is 0.0896. The molecule has 0 aromatic carbocycles. The minimum atomic E-state index is -0.498. The zero-order chi connectivity index (χ0) is 10.8. The molecule has 0 bridgehead atoms. The number of halogens is 1. The average molecular weight is 208 g/mol. The number of nitrogens with zero attached hydrogens (tertiary/aromatic N) is 1. The third kappa shape index (κ3) is 2.04. The molecule has 1 fully saturated rings. The molecule has 3 nitrogen and oxygen atoms in total. The van der Waals surface area contributed by atoms with Crippen LogP contribution in [-0.2, 0) is 0 Å². The number of hydrogen-bond acceptors (Lipinski definition) is 3. The van der Waals surface area contributed by atoms with Gasteiger partial charge in [-0.25, -0.2) is 4.39 Å². The van der Waals surface area contributed by atoms with Crippen LogP contribution in [0.3, 0.4) is 0 Å². The van der Waals surface area contributed by atoms with Crippen molar-refractivity contribution in [3.8, 4) is 0 Å². The highest BCUT2D eigenvalue weighted by Gasteiger charge is 2.30. The van der Waals surface area contributed by atoms with Crippen LogP contribution >= 0.6 is 0 Å². The molecule has 1 aliphatic carbocycles. The molecule has 1 heterocycles. The first kappa shape index (κ1) is 10.2. The topological polar surface area (TPSA) is 56.0 Å². The second kappa shape index (κ2) is 4.06. The van der Waals surface area contributed by atoms with Crippen LogP contribution in [0.4, 0.5) is 4.39 Å². The van der Waals surface area contributed by atoms with Gasteiger partial charge in [0.15, 0.2) is 5.78 Å². The number of rotatable bonds is 3. The van der Waals surface area contributed by atoms with Crippen molar-refractivity contribution in [2.45, 2.75) is 25.3 Å². The van der Waals surface area contributed by atoms with Gasteiger partial charge in [0, 0.05) is 11.8 Å². The minimum Gasteiger partial charge on any atom is -0.321 e. The molecule has 15 heavy (non-hydrogen) atoms. The second-order valence-corrected chi connectivity index (χ2v) is 3.97. The molecule has 1 atom stereocenters. The van der Waals surface area contributed by atoms with Crippen molar-refractivity contribution in [1.29, 1.82) is 0 Å². The Hall–Kier alpha value is -1.29. The van der Waals surface area contributed by atoms with Gasteiger partial charge in [0.25, 0.3) is 0 Å². The average Bonchev–Trinajstić information content (AvgIpc) is 2.14. The molecule has 0 amide bonds. The van der Waals surface area contributed by atoms with Gasteiger partial charge in [-0.2, -0.15) is 0 Å². The largest absolute Gasteiger partial charge is 0.321 e. The lowest BCUT2D eigenvalue weighted by Crippen LogP contribution is -2.41. The maximum Gasteiger partial charge on any atom is 0.181 e. The molecule has 1 unspecified atom stereocenters. The zero-order valence-electron chi connectivity index (χ0n) is 8.32. The Balaban J connectivity index is 2.12. The van der Waals surface area contributed by atoms with Crippen LogP contribution in [0.1, 0.15) is 29.6 Å². The molecule has 0 radical (unpaired) electrons. The van der Waals surface area contributed by atoms with Gasteiger partial charge in [-0.1, -0.05) is 6.42 Å². The van der Waals surface area contributed by atoms with E-state index < -0.39 is 11.9 Å². The standard InChI is InChI=1S/C11H13FN2O/c12-9-4-8(5-14-6-9)11(15)10(13)7-2-1-3-7/h4-7,10H,1-3,13H2. The second-order valence-electron chi connectivity index (χ2n) is 3.97. The molecule has 0 aliphatic heterocycles. The molecule has 80 valence electrons. The Morgan fingerprint density at radius 3 is 2.80 bits per heavy atom. The molecule has 1 aromatic rings. The Bertz CT molecular complexity index is 377. The Kier molecular flexibility index (Phi) is 2.77.